The molecular formula is C10H12ClF2NS. The average Bonchev–Trinajstić information content (AvgIpc) is 2.14. The Balaban J connectivity index is 2.70. The zero-order chi connectivity index (χ0) is 11.3. The second-order valence-electron chi connectivity index (χ2n) is 3.03. The van der Waals surface area contributed by atoms with Gasteiger partial charge in [-0.1, -0.05) is 11.6 Å². The second kappa shape index (κ2) is 6.30. The van der Waals surface area contributed by atoms with E-state index in [4.69, 9.17) is 11.6 Å². The summed E-state index contributed by atoms with van der Waals surface area (Å²) in [6.45, 7) is 0.683. The molecular weight excluding hydrogens is 240 g/mol. The molecule has 0 fully saturated rings. The van der Waals surface area contributed by atoms with Gasteiger partial charge in [-0.25, -0.2) is 8.78 Å². The monoisotopic (exact) mass is 251 g/mol. The highest BCUT2D eigenvalue weighted by molar-refractivity contribution is 7.99. The highest BCUT2D eigenvalue weighted by atomic mass is 35.5. The van der Waals surface area contributed by atoms with Crippen LogP contribution in [-0.4, -0.2) is 19.2 Å². The third-order valence-corrected chi connectivity index (χ3v) is 2.89. The van der Waals surface area contributed by atoms with E-state index in [1.165, 1.54) is 0 Å². The lowest BCUT2D eigenvalue weighted by molar-refractivity contribution is 0.177. The molecule has 1 rings (SSSR count). The topological polar surface area (TPSA) is 12.0 Å². The molecule has 84 valence electrons. The molecule has 0 spiro atoms. The van der Waals surface area contributed by atoms with Crippen molar-refractivity contribution < 1.29 is 8.78 Å². The first kappa shape index (κ1) is 12.7. The van der Waals surface area contributed by atoms with E-state index in [2.05, 4.69) is 5.32 Å². The summed E-state index contributed by atoms with van der Waals surface area (Å²) in [5.74, 6) is -0.195. The molecule has 0 aromatic heterocycles. The van der Waals surface area contributed by atoms with Crippen LogP contribution in [0.4, 0.5) is 8.78 Å². The predicted octanol–water partition coefficient (Wildman–Crippen LogP) is 3.42. The van der Waals surface area contributed by atoms with Gasteiger partial charge < -0.3 is 5.32 Å². The molecule has 0 aliphatic carbocycles. The van der Waals surface area contributed by atoms with Gasteiger partial charge in [0.05, 0.1) is 5.75 Å². The summed E-state index contributed by atoms with van der Waals surface area (Å²) in [6, 6.07) is 5.40. The molecule has 0 radical (unpaired) electrons. The number of rotatable bonds is 5. The molecule has 0 aliphatic heterocycles. The van der Waals surface area contributed by atoms with Crippen molar-refractivity contribution in [3.8, 4) is 0 Å². The van der Waals surface area contributed by atoms with Crippen LogP contribution in [0.5, 0.6) is 0 Å². The number of alkyl halides is 2. The highest BCUT2D eigenvalue weighted by Gasteiger charge is 2.05. The zero-order valence-corrected chi connectivity index (χ0v) is 9.84. The van der Waals surface area contributed by atoms with Crippen molar-refractivity contribution in [3.63, 3.8) is 0 Å². The highest BCUT2D eigenvalue weighted by Crippen LogP contribution is 2.25. The number of halogens is 3. The fourth-order valence-electron chi connectivity index (χ4n) is 1.17. The van der Waals surface area contributed by atoms with Crippen molar-refractivity contribution in [2.24, 2.45) is 0 Å². The molecule has 1 N–H and O–H groups in total. The number of nitrogens with one attached hydrogen (secondary N) is 1. The van der Waals surface area contributed by atoms with Gasteiger partial charge in [-0.2, -0.15) is 0 Å². The van der Waals surface area contributed by atoms with Gasteiger partial charge in [0.15, 0.2) is 0 Å². The predicted molar refractivity (Wildman–Crippen MR) is 60.9 cm³/mol. The largest absolute Gasteiger partial charge is 0.316 e. The molecule has 0 atom stereocenters. The summed E-state index contributed by atoms with van der Waals surface area (Å²) >= 11 is 6.99. The van der Waals surface area contributed by atoms with E-state index in [-0.39, 0.29) is 5.75 Å². The quantitative estimate of drug-likeness (QED) is 0.805. The Morgan fingerprint density at radius 3 is 2.73 bits per heavy atom. The molecule has 0 aliphatic rings. The van der Waals surface area contributed by atoms with Crippen LogP contribution in [-0.2, 0) is 6.54 Å². The van der Waals surface area contributed by atoms with Gasteiger partial charge in [0.1, 0.15) is 0 Å². The van der Waals surface area contributed by atoms with Crippen LogP contribution in [0.25, 0.3) is 0 Å². The van der Waals surface area contributed by atoms with Crippen LogP contribution in [0.15, 0.2) is 23.1 Å². The summed E-state index contributed by atoms with van der Waals surface area (Å²) in [5.41, 5.74) is 1.00. The number of hydrogen-bond donors (Lipinski definition) is 1. The van der Waals surface area contributed by atoms with Crippen LogP contribution in [0.1, 0.15) is 5.56 Å². The van der Waals surface area contributed by atoms with Crippen molar-refractivity contribution in [1.29, 1.82) is 0 Å². The first-order valence-electron chi connectivity index (χ1n) is 4.47. The molecule has 0 amide bonds. The summed E-state index contributed by atoms with van der Waals surface area (Å²) in [7, 11) is 1.83. The van der Waals surface area contributed by atoms with E-state index in [0.29, 0.717) is 11.6 Å². The van der Waals surface area contributed by atoms with Crippen LogP contribution < -0.4 is 5.32 Å². The Labute approximate surface area is 97.2 Å². The minimum absolute atomic E-state index is 0.195. The van der Waals surface area contributed by atoms with Gasteiger partial charge in [-0.15, -0.1) is 11.8 Å². The summed E-state index contributed by atoms with van der Waals surface area (Å²) in [4.78, 5) is 0.785. The van der Waals surface area contributed by atoms with Crippen LogP contribution in [0.3, 0.4) is 0 Å². The Morgan fingerprint density at radius 2 is 2.13 bits per heavy atom. The number of hydrogen-bond acceptors (Lipinski definition) is 2. The van der Waals surface area contributed by atoms with Crippen molar-refractivity contribution in [2.45, 2.75) is 17.9 Å². The van der Waals surface area contributed by atoms with E-state index < -0.39 is 6.43 Å². The fourth-order valence-corrected chi connectivity index (χ4v) is 2.26. The molecule has 0 bridgehead atoms. The van der Waals surface area contributed by atoms with Crippen LogP contribution in [0, 0.1) is 0 Å². The molecule has 0 unspecified atom stereocenters. The van der Waals surface area contributed by atoms with Gasteiger partial charge in [0.2, 0.25) is 6.43 Å². The van der Waals surface area contributed by atoms with Gasteiger partial charge in [0.25, 0.3) is 0 Å². The minimum atomic E-state index is -2.29. The zero-order valence-electron chi connectivity index (χ0n) is 8.27. The maximum Gasteiger partial charge on any atom is 0.247 e. The van der Waals surface area contributed by atoms with Crippen molar-refractivity contribution >= 4 is 23.4 Å². The molecule has 5 heteroatoms. The van der Waals surface area contributed by atoms with E-state index in [1.807, 2.05) is 19.2 Å². The van der Waals surface area contributed by atoms with Crippen molar-refractivity contribution in [1.82, 2.24) is 5.32 Å². The molecule has 15 heavy (non-hydrogen) atoms. The number of thioether (sulfide) groups is 1. The van der Waals surface area contributed by atoms with Gasteiger partial charge in [-0.3, -0.25) is 0 Å². The third kappa shape index (κ3) is 4.82. The van der Waals surface area contributed by atoms with E-state index in [1.54, 1.807) is 6.07 Å². The van der Waals surface area contributed by atoms with Crippen molar-refractivity contribution in [2.75, 3.05) is 12.8 Å². The summed E-state index contributed by atoms with van der Waals surface area (Å²) in [6.07, 6.45) is -2.29. The molecule has 1 nitrogen and oxygen atoms in total. The lowest BCUT2D eigenvalue weighted by atomic mass is 10.2. The fraction of sp³-hybridized carbons (Fsp3) is 0.400. The summed E-state index contributed by atoms with van der Waals surface area (Å²) in [5, 5.41) is 3.57. The molecule has 1 aromatic carbocycles. The van der Waals surface area contributed by atoms with E-state index in [0.717, 1.165) is 22.2 Å². The standard InChI is InChI=1S/C10H12ClF2NS/c1-14-5-7-2-8(11)4-9(3-7)15-6-10(12)13/h2-4,10,14H,5-6H2,1H3. The maximum atomic E-state index is 12.0. The maximum absolute atomic E-state index is 12.0. The Kier molecular flexibility index (Phi) is 5.36. The van der Waals surface area contributed by atoms with Crippen molar-refractivity contribution in [3.05, 3.63) is 28.8 Å². The Bertz CT molecular complexity index is 320. The van der Waals surface area contributed by atoms with E-state index >= 15 is 0 Å². The van der Waals surface area contributed by atoms with Gasteiger partial charge in [0, 0.05) is 16.5 Å². The normalized spacial score (nSPS) is 11.0. The first-order valence-corrected chi connectivity index (χ1v) is 5.83. The van der Waals surface area contributed by atoms with Gasteiger partial charge >= 0.3 is 0 Å². The Morgan fingerprint density at radius 1 is 1.40 bits per heavy atom. The second-order valence-corrected chi connectivity index (χ2v) is 4.56. The molecule has 0 saturated carbocycles. The number of benzene rings is 1. The van der Waals surface area contributed by atoms with E-state index in [9.17, 15) is 8.78 Å². The first-order chi connectivity index (χ1) is 7.11. The Hall–Kier alpha value is -0.320. The molecule has 1 aromatic rings. The lowest BCUT2D eigenvalue weighted by Crippen LogP contribution is -2.05. The minimum Gasteiger partial charge on any atom is -0.316 e. The van der Waals surface area contributed by atoms with Crippen LogP contribution >= 0.6 is 23.4 Å². The summed E-state index contributed by atoms with van der Waals surface area (Å²) < 4.78 is 24.0. The van der Waals surface area contributed by atoms with Crippen LogP contribution in [0.2, 0.25) is 5.02 Å². The lowest BCUT2D eigenvalue weighted by Gasteiger charge is -2.06. The smallest absolute Gasteiger partial charge is 0.247 e. The SMILES string of the molecule is CNCc1cc(Cl)cc(SCC(F)F)c1. The average molecular weight is 252 g/mol. The van der Waals surface area contributed by atoms with Gasteiger partial charge in [-0.05, 0) is 30.8 Å². The molecule has 0 heterocycles. The third-order valence-electron chi connectivity index (χ3n) is 1.69. The molecule has 0 saturated heterocycles.